The van der Waals surface area contributed by atoms with Gasteiger partial charge in [0.05, 0.1) is 35.4 Å². The first-order chi connectivity index (χ1) is 17.3. The number of amides is 1. The molecule has 1 N–H and O–H groups in total. The van der Waals surface area contributed by atoms with E-state index in [0.29, 0.717) is 39.4 Å². The van der Waals surface area contributed by atoms with E-state index in [1.165, 1.54) is 16.2 Å². The first-order valence-corrected chi connectivity index (χ1v) is 12.7. The number of thiazole rings is 1. The highest BCUT2D eigenvalue weighted by atomic mass is 32.1. The lowest BCUT2D eigenvalue weighted by molar-refractivity contribution is -0.130. The van der Waals surface area contributed by atoms with Crippen molar-refractivity contribution in [2.45, 2.75) is 26.8 Å². The maximum absolute atomic E-state index is 13.8. The summed E-state index contributed by atoms with van der Waals surface area (Å²) in [6.45, 7) is 6.99. The largest absolute Gasteiger partial charge is 0.503 e. The van der Waals surface area contributed by atoms with E-state index < -0.39 is 23.5 Å². The Labute approximate surface area is 215 Å². The number of carbonyl (C=O) groups is 2. The zero-order valence-corrected chi connectivity index (χ0v) is 21.7. The van der Waals surface area contributed by atoms with E-state index in [0.717, 1.165) is 5.56 Å². The van der Waals surface area contributed by atoms with Gasteiger partial charge in [-0.1, -0.05) is 56.3 Å². The highest BCUT2D eigenvalue weighted by Crippen LogP contribution is 2.41. The Morgan fingerprint density at radius 2 is 1.83 bits per heavy atom. The van der Waals surface area contributed by atoms with Gasteiger partial charge >= 0.3 is 0 Å². The molecule has 3 aromatic rings. The fourth-order valence-corrected chi connectivity index (χ4v) is 5.12. The van der Waals surface area contributed by atoms with Gasteiger partial charge < -0.3 is 19.5 Å². The average molecular weight is 507 g/mol. The molecule has 0 aliphatic carbocycles. The minimum Gasteiger partial charge on any atom is -0.503 e. The molecule has 7 nitrogen and oxygen atoms in total. The molecule has 0 saturated carbocycles. The molecule has 1 aromatic heterocycles. The van der Waals surface area contributed by atoms with Crippen LogP contribution >= 0.6 is 11.3 Å². The van der Waals surface area contributed by atoms with Gasteiger partial charge in [0.1, 0.15) is 10.8 Å². The van der Waals surface area contributed by atoms with Crippen molar-refractivity contribution in [2.75, 3.05) is 26.9 Å². The predicted octanol–water partition coefficient (Wildman–Crippen LogP) is 5.38. The van der Waals surface area contributed by atoms with Gasteiger partial charge in [0.15, 0.2) is 5.76 Å². The van der Waals surface area contributed by atoms with Crippen molar-refractivity contribution in [1.82, 2.24) is 9.88 Å². The SMILES string of the molecule is COCCN1C(=O)C(O)=C(C(=O)c2sc(-c3ccccc3)nc2C)C1c1ccc(OCC(C)C)cc1. The number of rotatable bonds is 10. The molecule has 0 spiro atoms. The molecular formula is C28H30N2O5S. The number of ketones is 1. The van der Waals surface area contributed by atoms with Crippen LogP contribution in [-0.2, 0) is 9.53 Å². The van der Waals surface area contributed by atoms with E-state index in [4.69, 9.17) is 9.47 Å². The Balaban J connectivity index is 1.71. The Morgan fingerprint density at radius 1 is 1.14 bits per heavy atom. The number of carbonyl (C=O) groups excluding carboxylic acids is 2. The third-order valence-corrected chi connectivity index (χ3v) is 7.09. The van der Waals surface area contributed by atoms with Gasteiger partial charge in [0.25, 0.3) is 5.91 Å². The molecule has 36 heavy (non-hydrogen) atoms. The lowest BCUT2D eigenvalue weighted by atomic mass is 9.95. The number of methoxy groups -OCH3 is 1. The van der Waals surface area contributed by atoms with E-state index in [9.17, 15) is 14.7 Å². The summed E-state index contributed by atoms with van der Waals surface area (Å²) in [6.07, 6.45) is 0. The number of aryl methyl sites for hydroxylation is 1. The van der Waals surface area contributed by atoms with Crippen LogP contribution in [0.25, 0.3) is 10.6 Å². The number of nitrogens with zero attached hydrogens (tertiary/aromatic N) is 2. The third-order valence-electron chi connectivity index (χ3n) is 5.89. The van der Waals surface area contributed by atoms with E-state index in [1.54, 1.807) is 14.0 Å². The Morgan fingerprint density at radius 3 is 2.47 bits per heavy atom. The fraction of sp³-hybridized carbons (Fsp3) is 0.321. The quantitative estimate of drug-likeness (QED) is 0.372. The number of benzene rings is 2. The number of hydrogen-bond donors (Lipinski definition) is 1. The number of aliphatic hydroxyl groups is 1. The van der Waals surface area contributed by atoms with E-state index in [-0.39, 0.29) is 18.7 Å². The highest BCUT2D eigenvalue weighted by Gasteiger charge is 2.44. The molecule has 0 saturated heterocycles. The molecule has 0 radical (unpaired) electrons. The van der Waals surface area contributed by atoms with E-state index >= 15 is 0 Å². The van der Waals surface area contributed by atoms with Crippen LogP contribution in [0.5, 0.6) is 5.75 Å². The van der Waals surface area contributed by atoms with Crippen molar-refractivity contribution in [1.29, 1.82) is 0 Å². The van der Waals surface area contributed by atoms with Gasteiger partial charge in [-0.15, -0.1) is 11.3 Å². The molecule has 0 fully saturated rings. The Bertz CT molecular complexity index is 1260. The smallest absolute Gasteiger partial charge is 0.290 e. The predicted molar refractivity (Wildman–Crippen MR) is 139 cm³/mol. The molecule has 4 rings (SSSR count). The summed E-state index contributed by atoms with van der Waals surface area (Å²) in [4.78, 5) is 33.4. The van der Waals surface area contributed by atoms with Gasteiger partial charge in [-0.05, 0) is 30.5 Å². The summed E-state index contributed by atoms with van der Waals surface area (Å²) in [5, 5.41) is 11.6. The second-order valence-corrected chi connectivity index (χ2v) is 10.1. The molecule has 2 heterocycles. The zero-order chi connectivity index (χ0) is 25.8. The van der Waals surface area contributed by atoms with Gasteiger partial charge in [0.2, 0.25) is 5.78 Å². The summed E-state index contributed by atoms with van der Waals surface area (Å²) in [7, 11) is 1.54. The van der Waals surface area contributed by atoms with Crippen molar-refractivity contribution in [3.8, 4) is 16.3 Å². The van der Waals surface area contributed by atoms with Gasteiger partial charge in [-0.2, -0.15) is 0 Å². The third kappa shape index (κ3) is 5.20. The molecule has 2 aromatic carbocycles. The van der Waals surface area contributed by atoms with Crippen LogP contribution < -0.4 is 4.74 Å². The summed E-state index contributed by atoms with van der Waals surface area (Å²) in [6, 6.07) is 16.1. The van der Waals surface area contributed by atoms with Crippen molar-refractivity contribution in [3.05, 3.63) is 82.1 Å². The lowest BCUT2D eigenvalue weighted by Gasteiger charge is -2.26. The molecule has 8 heteroatoms. The minimum atomic E-state index is -0.749. The lowest BCUT2D eigenvalue weighted by Crippen LogP contribution is -2.34. The van der Waals surface area contributed by atoms with Crippen molar-refractivity contribution >= 4 is 23.0 Å². The summed E-state index contributed by atoms with van der Waals surface area (Å²) >= 11 is 1.26. The maximum atomic E-state index is 13.8. The van der Waals surface area contributed by atoms with Crippen LogP contribution in [0.4, 0.5) is 0 Å². The second kappa shape index (κ2) is 11.1. The minimum absolute atomic E-state index is 0.0540. The first kappa shape index (κ1) is 25.6. The summed E-state index contributed by atoms with van der Waals surface area (Å²) < 4.78 is 11.0. The Hall–Kier alpha value is -3.49. The van der Waals surface area contributed by atoms with Crippen LogP contribution in [0.2, 0.25) is 0 Å². The molecule has 1 aliphatic rings. The number of ether oxygens (including phenoxy) is 2. The normalized spacial score (nSPS) is 15.8. The summed E-state index contributed by atoms with van der Waals surface area (Å²) in [5.41, 5.74) is 2.22. The Kier molecular flexibility index (Phi) is 7.86. The van der Waals surface area contributed by atoms with Crippen molar-refractivity contribution in [2.24, 2.45) is 5.92 Å². The number of Topliss-reactive ketones (excluding diaryl/α,β-unsaturated/α-hetero) is 1. The van der Waals surface area contributed by atoms with Crippen LogP contribution in [0, 0.1) is 12.8 Å². The maximum Gasteiger partial charge on any atom is 0.290 e. The van der Waals surface area contributed by atoms with Crippen molar-refractivity contribution < 1.29 is 24.2 Å². The second-order valence-electron chi connectivity index (χ2n) is 9.06. The van der Waals surface area contributed by atoms with E-state index in [2.05, 4.69) is 18.8 Å². The van der Waals surface area contributed by atoms with Crippen LogP contribution in [-0.4, -0.2) is 53.5 Å². The monoisotopic (exact) mass is 506 g/mol. The van der Waals surface area contributed by atoms with Gasteiger partial charge in [0, 0.05) is 19.2 Å². The zero-order valence-electron chi connectivity index (χ0n) is 20.9. The number of aliphatic hydroxyl groups excluding tert-OH is 1. The molecule has 1 atom stereocenters. The number of hydrogen-bond acceptors (Lipinski definition) is 7. The van der Waals surface area contributed by atoms with Crippen LogP contribution in [0.15, 0.2) is 65.9 Å². The molecular weight excluding hydrogens is 476 g/mol. The van der Waals surface area contributed by atoms with Crippen LogP contribution in [0.1, 0.15) is 40.8 Å². The molecule has 188 valence electrons. The molecule has 1 unspecified atom stereocenters. The fourth-order valence-electron chi connectivity index (χ4n) is 4.10. The van der Waals surface area contributed by atoms with Crippen molar-refractivity contribution in [3.63, 3.8) is 0 Å². The topological polar surface area (TPSA) is 89.0 Å². The molecule has 1 amide bonds. The van der Waals surface area contributed by atoms with Gasteiger partial charge in [-0.3, -0.25) is 9.59 Å². The van der Waals surface area contributed by atoms with Gasteiger partial charge in [-0.25, -0.2) is 4.98 Å². The highest BCUT2D eigenvalue weighted by molar-refractivity contribution is 7.17. The average Bonchev–Trinajstić information content (AvgIpc) is 3.39. The molecule has 1 aliphatic heterocycles. The van der Waals surface area contributed by atoms with Crippen LogP contribution in [0.3, 0.4) is 0 Å². The van der Waals surface area contributed by atoms with E-state index in [1.807, 2.05) is 54.6 Å². The standard InChI is InChI=1S/C28H30N2O5S/c1-17(2)16-35-21-12-10-19(11-13-21)23-22(25(32)28(33)30(23)14-15-34-4)24(31)26-18(3)29-27(36-26)20-8-6-5-7-9-20/h5-13,17,23,32H,14-16H2,1-4H3. The molecule has 0 bridgehead atoms. The number of aromatic nitrogens is 1. The first-order valence-electron chi connectivity index (χ1n) is 11.8. The summed E-state index contributed by atoms with van der Waals surface area (Å²) in [5.74, 6) is -0.439.